The lowest BCUT2D eigenvalue weighted by atomic mass is 10.4. The van der Waals surface area contributed by atoms with Crippen molar-refractivity contribution in [3.63, 3.8) is 0 Å². The predicted molar refractivity (Wildman–Crippen MR) is 34.6 cm³/mol. The second-order valence-electron chi connectivity index (χ2n) is 1.44. The van der Waals surface area contributed by atoms with Gasteiger partial charge in [-0.3, -0.25) is 0 Å². The minimum absolute atomic E-state index is 0.435. The lowest BCUT2D eigenvalue weighted by Gasteiger charge is -1.96. The van der Waals surface area contributed by atoms with Gasteiger partial charge in [0.05, 0.1) is 12.3 Å². The third-order valence-corrected chi connectivity index (χ3v) is 0.676. The average molecular weight is 158 g/mol. The molecule has 0 aliphatic rings. The van der Waals surface area contributed by atoms with E-state index in [2.05, 4.69) is 11.3 Å². The molecule has 0 atom stereocenters. The third kappa shape index (κ3) is 3.74. The second kappa shape index (κ2) is 4.10. The van der Waals surface area contributed by atoms with Gasteiger partial charge in [0.2, 0.25) is 5.76 Å². The van der Waals surface area contributed by atoms with Gasteiger partial charge in [-0.15, -0.1) is 0 Å². The topological polar surface area (TPSA) is 83.8 Å². The van der Waals surface area contributed by atoms with Crippen LogP contribution >= 0.6 is 0 Å². The van der Waals surface area contributed by atoms with E-state index in [0.29, 0.717) is 6.08 Å². The van der Waals surface area contributed by atoms with Crippen molar-refractivity contribution in [1.29, 1.82) is 0 Å². The summed E-state index contributed by atoms with van der Waals surface area (Å²) >= 11 is 0. The van der Waals surface area contributed by atoms with E-state index < -0.39 is 17.7 Å². The normalized spacial score (nSPS) is 10.4. The zero-order valence-electron chi connectivity index (χ0n) is 5.48. The molecule has 0 heterocycles. The SMILES string of the molecule is C=CO/C(=C\C(=O)O)C(=O)O. The van der Waals surface area contributed by atoms with Crippen molar-refractivity contribution < 1.29 is 24.5 Å². The van der Waals surface area contributed by atoms with Gasteiger partial charge in [0, 0.05) is 0 Å². The van der Waals surface area contributed by atoms with Gasteiger partial charge in [0.25, 0.3) is 0 Å². The van der Waals surface area contributed by atoms with Gasteiger partial charge in [0.15, 0.2) is 0 Å². The van der Waals surface area contributed by atoms with E-state index in [4.69, 9.17) is 10.2 Å². The van der Waals surface area contributed by atoms with Gasteiger partial charge in [-0.2, -0.15) is 0 Å². The Morgan fingerprint density at radius 1 is 1.36 bits per heavy atom. The van der Waals surface area contributed by atoms with Gasteiger partial charge in [-0.25, -0.2) is 9.59 Å². The maximum Gasteiger partial charge on any atom is 0.372 e. The van der Waals surface area contributed by atoms with Gasteiger partial charge in [-0.1, -0.05) is 6.58 Å². The van der Waals surface area contributed by atoms with E-state index in [1.807, 2.05) is 0 Å². The third-order valence-electron chi connectivity index (χ3n) is 0.676. The molecule has 0 unspecified atom stereocenters. The molecule has 5 nitrogen and oxygen atoms in total. The number of hydrogen-bond donors (Lipinski definition) is 2. The first-order chi connectivity index (χ1) is 5.07. The molecule has 11 heavy (non-hydrogen) atoms. The quantitative estimate of drug-likeness (QED) is 0.451. The molecule has 0 saturated heterocycles. The summed E-state index contributed by atoms with van der Waals surface area (Å²) in [6, 6.07) is 0. The van der Waals surface area contributed by atoms with Crippen LogP contribution in [0.1, 0.15) is 0 Å². The van der Waals surface area contributed by atoms with Crippen molar-refractivity contribution in [3.05, 3.63) is 24.7 Å². The first-order valence-corrected chi connectivity index (χ1v) is 2.53. The lowest BCUT2D eigenvalue weighted by molar-refractivity contribution is -0.137. The summed E-state index contributed by atoms with van der Waals surface area (Å²) in [5, 5.41) is 16.4. The maximum atomic E-state index is 10.1. The van der Waals surface area contributed by atoms with Gasteiger partial charge < -0.3 is 14.9 Å². The molecule has 60 valence electrons. The molecular weight excluding hydrogens is 152 g/mol. The zero-order valence-corrected chi connectivity index (χ0v) is 5.48. The summed E-state index contributed by atoms with van der Waals surface area (Å²) in [6.45, 7) is 3.07. The van der Waals surface area contributed by atoms with Crippen LogP contribution in [-0.2, 0) is 14.3 Å². The summed E-state index contributed by atoms with van der Waals surface area (Å²) in [5.41, 5.74) is 0. The molecule has 0 aliphatic carbocycles. The molecule has 0 rings (SSSR count). The summed E-state index contributed by atoms with van der Waals surface area (Å²) in [4.78, 5) is 20.1. The highest BCUT2D eigenvalue weighted by atomic mass is 16.5. The van der Waals surface area contributed by atoms with E-state index >= 15 is 0 Å². The number of hydrogen-bond acceptors (Lipinski definition) is 3. The van der Waals surface area contributed by atoms with E-state index in [1.165, 1.54) is 0 Å². The first-order valence-electron chi connectivity index (χ1n) is 2.53. The van der Waals surface area contributed by atoms with Gasteiger partial charge in [0.1, 0.15) is 0 Å². The number of carboxylic acids is 2. The summed E-state index contributed by atoms with van der Waals surface area (Å²) in [7, 11) is 0. The Kier molecular flexibility index (Phi) is 3.44. The Bertz CT molecular complexity index is 215. The molecule has 0 amide bonds. The fraction of sp³-hybridized carbons (Fsp3) is 0. The van der Waals surface area contributed by atoms with Crippen molar-refractivity contribution >= 4 is 11.9 Å². The molecule has 0 saturated carbocycles. The van der Waals surface area contributed by atoms with Crippen LogP contribution in [0.25, 0.3) is 0 Å². The molecule has 0 aromatic rings. The largest absolute Gasteiger partial charge is 0.478 e. The van der Waals surface area contributed by atoms with Crippen LogP contribution in [0.15, 0.2) is 24.7 Å². The van der Waals surface area contributed by atoms with Crippen LogP contribution in [0.2, 0.25) is 0 Å². The summed E-state index contributed by atoms with van der Waals surface area (Å²) < 4.78 is 4.26. The standard InChI is InChI=1S/C6H6O5/c1-2-11-4(6(9)10)3-5(7)8/h2-3H,1H2,(H,7,8)(H,9,10)/b4-3-. The van der Waals surface area contributed by atoms with E-state index in [-0.39, 0.29) is 0 Å². The van der Waals surface area contributed by atoms with Crippen molar-refractivity contribution in [2.75, 3.05) is 0 Å². The predicted octanol–water partition coefficient (Wildman–Crippen LogP) is 0.200. The molecule has 2 N–H and O–H groups in total. The summed E-state index contributed by atoms with van der Waals surface area (Å²) in [6.07, 6.45) is 1.27. The van der Waals surface area contributed by atoms with Gasteiger partial charge in [-0.05, 0) is 0 Å². The highest BCUT2D eigenvalue weighted by Gasteiger charge is 2.08. The minimum Gasteiger partial charge on any atom is -0.478 e. The maximum absolute atomic E-state index is 10.1. The van der Waals surface area contributed by atoms with E-state index in [9.17, 15) is 9.59 Å². The number of carbonyl (C=O) groups is 2. The molecule has 0 aliphatic heterocycles. The fourth-order valence-corrected chi connectivity index (χ4v) is 0.348. The first kappa shape index (κ1) is 9.22. The Morgan fingerprint density at radius 2 is 1.91 bits per heavy atom. The number of carboxylic acid groups (broad SMARTS) is 2. The second-order valence-corrected chi connectivity index (χ2v) is 1.44. The average Bonchev–Trinajstić information content (AvgIpc) is 1.86. The van der Waals surface area contributed by atoms with Crippen molar-refractivity contribution in [1.82, 2.24) is 0 Å². The van der Waals surface area contributed by atoms with Crippen LogP contribution in [0.5, 0.6) is 0 Å². The molecular formula is C6H6O5. The number of rotatable bonds is 4. The van der Waals surface area contributed by atoms with Crippen LogP contribution in [-0.4, -0.2) is 22.2 Å². The van der Waals surface area contributed by atoms with Crippen molar-refractivity contribution in [2.45, 2.75) is 0 Å². The molecule has 0 aromatic heterocycles. The fourth-order valence-electron chi connectivity index (χ4n) is 0.348. The number of ether oxygens (including phenoxy) is 1. The lowest BCUT2D eigenvalue weighted by Crippen LogP contribution is -2.04. The molecule has 0 radical (unpaired) electrons. The van der Waals surface area contributed by atoms with Crippen LogP contribution in [0.4, 0.5) is 0 Å². The minimum atomic E-state index is -1.45. The zero-order chi connectivity index (χ0) is 8.85. The molecule has 0 bridgehead atoms. The highest BCUT2D eigenvalue weighted by Crippen LogP contribution is 1.96. The monoisotopic (exact) mass is 158 g/mol. The van der Waals surface area contributed by atoms with Crippen LogP contribution < -0.4 is 0 Å². The van der Waals surface area contributed by atoms with Crippen molar-refractivity contribution in [3.8, 4) is 0 Å². The van der Waals surface area contributed by atoms with Crippen LogP contribution in [0, 0.1) is 0 Å². The molecule has 5 heteroatoms. The summed E-state index contributed by atoms with van der Waals surface area (Å²) in [5.74, 6) is -3.51. The van der Waals surface area contributed by atoms with Gasteiger partial charge >= 0.3 is 11.9 Å². The number of aliphatic carboxylic acids is 2. The molecule has 0 fully saturated rings. The Balaban J connectivity index is 4.44. The van der Waals surface area contributed by atoms with Crippen LogP contribution in [0.3, 0.4) is 0 Å². The van der Waals surface area contributed by atoms with E-state index in [0.717, 1.165) is 6.26 Å². The van der Waals surface area contributed by atoms with Crippen molar-refractivity contribution in [2.24, 2.45) is 0 Å². The Morgan fingerprint density at radius 3 is 2.18 bits per heavy atom. The highest BCUT2D eigenvalue weighted by molar-refractivity contribution is 5.92. The Labute approximate surface area is 62.2 Å². The van der Waals surface area contributed by atoms with E-state index in [1.54, 1.807) is 0 Å². The smallest absolute Gasteiger partial charge is 0.372 e. The molecule has 0 aromatic carbocycles. The Hall–Kier alpha value is -1.78. The molecule has 0 spiro atoms.